The molecule has 0 aliphatic carbocycles. The molecule has 1 aromatic heterocycles. The van der Waals surface area contributed by atoms with Crippen molar-refractivity contribution in [2.45, 2.75) is 13.1 Å². The minimum Gasteiger partial charge on any atom is -0.468 e. The fourth-order valence-electron chi connectivity index (χ4n) is 1.62. The molecule has 0 fully saturated rings. The maximum atomic E-state index is 10.9. The van der Waals surface area contributed by atoms with Crippen LogP contribution in [0.2, 0.25) is 5.02 Å². The number of furan rings is 1. The molecule has 1 aromatic carbocycles. The van der Waals surface area contributed by atoms with E-state index < -0.39 is 4.92 Å². The summed E-state index contributed by atoms with van der Waals surface area (Å²) >= 11 is 5.97. The molecule has 0 radical (unpaired) electrons. The van der Waals surface area contributed by atoms with E-state index in [0.29, 0.717) is 23.7 Å². The number of benzene rings is 1. The molecule has 0 saturated carbocycles. The third kappa shape index (κ3) is 2.88. The smallest absolute Gasteiger partial charge is 0.275 e. The van der Waals surface area contributed by atoms with Gasteiger partial charge in [-0.25, -0.2) is 0 Å². The molecule has 0 aliphatic heterocycles. The van der Waals surface area contributed by atoms with Gasteiger partial charge in [0.15, 0.2) is 0 Å². The van der Waals surface area contributed by atoms with Gasteiger partial charge in [0.2, 0.25) is 0 Å². The zero-order valence-corrected chi connectivity index (χ0v) is 10.2. The molecule has 94 valence electrons. The van der Waals surface area contributed by atoms with Crippen molar-refractivity contribution in [1.29, 1.82) is 0 Å². The zero-order chi connectivity index (χ0) is 13.0. The van der Waals surface area contributed by atoms with Crippen LogP contribution in [-0.2, 0) is 13.1 Å². The van der Waals surface area contributed by atoms with Gasteiger partial charge in [0.05, 0.1) is 28.3 Å². The summed E-state index contributed by atoms with van der Waals surface area (Å²) in [7, 11) is 0. The molecule has 0 aliphatic rings. The first-order valence-corrected chi connectivity index (χ1v) is 5.71. The van der Waals surface area contributed by atoms with Gasteiger partial charge in [0.25, 0.3) is 5.69 Å². The highest BCUT2D eigenvalue weighted by atomic mass is 35.5. The second-order valence-corrected chi connectivity index (χ2v) is 4.08. The Bertz CT molecular complexity index is 540. The van der Waals surface area contributed by atoms with Crippen LogP contribution in [-0.4, -0.2) is 4.92 Å². The molecule has 0 atom stereocenters. The molecule has 1 heterocycles. The molecule has 2 rings (SSSR count). The number of nitrogens with zero attached hydrogens (tertiary/aromatic N) is 1. The Kier molecular flexibility index (Phi) is 3.96. The van der Waals surface area contributed by atoms with Crippen LogP contribution in [0.1, 0.15) is 11.3 Å². The van der Waals surface area contributed by atoms with Crippen LogP contribution >= 0.6 is 11.6 Å². The lowest BCUT2D eigenvalue weighted by atomic mass is 10.2. The first-order valence-electron chi connectivity index (χ1n) is 5.33. The molecule has 5 nitrogen and oxygen atoms in total. The molecule has 0 unspecified atom stereocenters. The van der Waals surface area contributed by atoms with E-state index in [-0.39, 0.29) is 5.69 Å². The lowest BCUT2D eigenvalue weighted by Gasteiger charge is -2.06. The lowest BCUT2D eigenvalue weighted by Crippen LogP contribution is -2.13. The van der Waals surface area contributed by atoms with Crippen LogP contribution < -0.4 is 5.32 Å². The Morgan fingerprint density at radius 2 is 2.11 bits per heavy atom. The molecule has 0 saturated heterocycles. The summed E-state index contributed by atoms with van der Waals surface area (Å²) in [6, 6.07) is 8.26. The van der Waals surface area contributed by atoms with Crippen molar-refractivity contribution in [3.8, 4) is 0 Å². The molecule has 6 heteroatoms. The van der Waals surface area contributed by atoms with Gasteiger partial charge in [0.1, 0.15) is 5.76 Å². The predicted molar refractivity (Wildman–Crippen MR) is 67.4 cm³/mol. The third-order valence-corrected chi connectivity index (χ3v) is 2.83. The molecule has 0 bridgehead atoms. The zero-order valence-electron chi connectivity index (χ0n) is 9.43. The van der Waals surface area contributed by atoms with Gasteiger partial charge in [0, 0.05) is 12.6 Å². The van der Waals surface area contributed by atoms with Crippen molar-refractivity contribution < 1.29 is 9.34 Å². The average Bonchev–Trinajstić information content (AvgIpc) is 2.84. The van der Waals surface area contributed by atoms with Gasteiger partial charge in [-0.3, -0.25) is 10.1 Å². The highest BCUT2D eigenvalue weighted by Crippen LogP contribution is 2.25. The van der Waals surface area contributed by atoms with Gasteiger partial charge in [-0.1, -0.05) is 17.7 Å². The van der Waals surface area contributed by atoms with Crippen LogP contribution in [0.3, 0.4) is 0 Å². The standard InChI is InChI=1S/C12H11ClN2O3/c13-11-4-1-5-12(15(16)17)10(11)8-14-7-9-3-2-6-18-9/h1-6,14H,7-8H2. The van der Waals surface area contributed by atoms with Crippen molar-refractivity contribution in [3.63, 3.8) is 0 Å². The van der Waals surface area contributed by atoms with Gasteiger partial charge in [-0.2, -0.15) is 0 Å². The van der Waals surface area contributed by atoms with Crippen molar-refractivity contribution >= 4 is 17.3 Å². The SMILES string of the molecule is O=[N+]([O-])c1cccc(Cl)c1CNCc1ccco1. The molecule has 1 N–H and O–H groups in total. The largest absolute Gasteiger partial charge is 0.468 e. The number of halogens is 1. The van der Waals surface area contributed by atoms with Gasteiger partial charge < -0.3 is 9.73 Å². The Balaban J connectivity index is 2.06. The first-order chi connectivity index (χ1) is 8.68. The van der Waals surface area contributed by atoms with Crippen molar-refractivity contribution in [2.24, 2.45) is 0 Å². The number of hydrogen-bond acceptors (Lipinski definition) is 4. The lowest BCUT2D eigenvalue weighted by molar-refractivity contribution is -0.385. The van der Waals surface area contributed by atoms with Crippen LogP contribution in [0.15, 0.2) is 41.0 Å². The summed E-state index contributed by atoms with van der Waals surface area (Å²) in [5.74, 6) is 0.768. The van der Waals surface area contributed by atoms with E-state index in [1.54, 1.807) is 24.5 Å². The minimum absolute atomic E-state index is 0.0226. The summed E-state index contributed by atoms with van der Waals surface area (Å²) < 4.78 is 5.15. The van der Waals surface area contributed by atoms with Gasteiger partial charge in [-0.05, 0) is 18.2 Å². The van der Waals surface area contributed by atoms with Crippen LogP contribution in [0.4, 0.5) is 5.69 Å². The summed E-state index contributed by atoms with van der Waals surface area (Å²) in [5.41, 5.74) is 0.505. The predicted octanol–water partition coefficient (Wildman–Crippen LogP) is 3.13. The molecular formula is C12H11ClN2O3. The van der Waals surface area contributed by atoms with Crippen molar-refractivity contribution in [1.82, 2.24) is 5.32 Å². The summed E-state index contributed by atoms with van der Waals surface area (Å²) in [6.07, 6.45) is 1.58. The monoisotopic (exact) mass is 266 g/mol. The maximum absolute atomic E-state index is 10.9. The van der Waals surface area contributed by atoms with E-state index in [1.165, 1.54) is 6.07 Å². The second kappa shape index (κ2) is 5.66. The van der Waals surface area contributed by atoms with E-state index in [0.717, 1.165) is 5.76 Å². The Hall–Kier alpha value is -1.85. The fourth-order valence-corrected chi connectivity index (χ4v) is 1.85. The number of rotatable bonds is 5. The Morgan fingerprint density at radius 3 is 2.78 bits per heavy atom. The molecule has 2 aromatic rings. The topological polar surface area (TPSA) is 68.3 Å². The molecule has 0 amide bonds. The highest BCUT2D eigenvalue weighted by Gasteiger charge is 2.15. The molecule has 0 spiro atoms. The van der Waals surface area contributed by atoms with E-state index >= 15 is 0 Å². The Morgan fingerprint density at radius 1 is 1.28 bits per heavy atom. The highest BCUT2D eigenvalue weighted by molar-refractivity contribution is 6.31. The number of nitro benzene ring substituents is 1. The summed E-state index contributed by atoms with van der Waals surface area (Å²) in [5, 5.41) is 14.3. The summed E-state index contributed by atoms with van der Waals surface area (Å²) in [6.45, 7) is 0.812. The normalized spacial score (nSPS) is 10.5. The quantitative estimate of drug-likeness (QED) is 0.667. The number of hydrogen-bond donors (Lipinski definition) is 1. The first kappa shape index (κ1) is 12.6. The number of nitrogens with one attached hydrogen (secondary N) is 1. The van der Waals surface area contributed by atoms with Crippen LogP contribution in [0.5, 0.6) is 0 Å². The number of nitro groups is 1. The molecular weight excluding hydrogens is 256 g/mol. The van der Waals surface area contributed by atoms with Gasteiger partial charge >= 0.3 is 0 Å². The third-order valence-electron chi connectivity index (χ3n) is 2.47. The summed E-state index contributed by atoms with van der Waals surface area (Å²) in [4.78, 5) is 10.4. The second-order valence-electron chi connectivity index (χ2n) is 3.68. The van der Waals surface area contributed by atoms with E-state index in [2.05, 4.69) is 5.32 Å². The van der Waals surface area contributed by atoms with E-state index in [4.69, 9.17) is 16.0 Å². The maximum Gasteiger partial charge on any atom is 0.275 e. The minimum atomic E-state index is -0.435. The fraction of sp³-hybridized carbons (Fsp3) is 0.167. The molecule has 18 heavy (non-hydrogen) atoms. The van der Waals surface area contributed by atoms with Crippen molar-refractivity contribution in [3.05, 3.63) is 63.1 Å². The average molecular weight is 267 g/mol. The van der Waals surface area contributed by atoms with Crippen LogP contribution in [0, 0.1) is 10.1 Å². The van der Waals surface area contributed by atoms with Crippen molar-refractivity contribution in [2.75, 3.05) is 0 Å². The van der Waals surface area contributed by atoms with Gasteiger partial charge in [-0.15, -0.1) is 0 Å². The Labute approximate surface area is 109 Å². The van der Waals surface area contributed by atoms with E-state index in [1.807, 2.05) is 6.07 Å². The van der Waals surface area contributed by atoms with Crippen LogP contribution in [0.25, 0.3) is 0 Å². The van der Waals surface area contributed by atoms with E-state index in [9.17, 15) is 10.1 Å².